The summed E-state index contributed by atoms with van der Waals surface area (Å²) in [5.74, 6) is 1.40. The van der Waals surface area contributed by atoms with Crippen LogP contribution in [0, 0.1) is 13.8 Å². The Hall–Kier alpha value is -2.49. The van der Waals surface area contributed by atoms with Gasteiger partial charge in [-0.2, -0.15) is 0 Å². The van der Waals surface area contributed by atoms with Gasteiger partial charge < -0.3 is 13.9 Å². The number of ether oxygens (including phenoxy) is 2. The van der Waals surface area contributed by atoms with Crippen LogP contribution in [-0.4, -0.2) is 14.2 Å². The Balaban J connectivity index is 2.53. The molecule has 0 radical (unpaired) electrons. The van der Waals surface area contributed by atoms with Crippen molar-refractivity contribution in [2.75, 3.05) is 14.2 Å². The molecule has 108 valence electrons. The van der Waals surface area contributed by atoms with Crippen molar-refractivity contribution in [1.29, 1.82) is 0 Å². The smallest absolute Gasteiger partial charge is 0.200 e. The van der Waals surface area contributed by atoms with Gasteiger partial charge in [0.1, 0.15) is 22.7 Å². The second kappa shape index (κ2) is 4.81. The van der Waals surface area contributed by atoms with E-state index in [0.29, 0.717) is 33.4 Å². The summed E-state index contributed by atoms with van der Waals surface area (Å²) in [6, 6.07) is 7.06. The average molecular weight is 284 g/mol. The third-order valence-corrected chi connectivity index (χ3v) is 3.85. The van der Waals surface area contributed by atoms with Crippen molar-refractivity contribution >= 4 is 21.9 Å². The number of hydrogen-bond donors (Lipinski definition) is 0. The minimum atomic E-state index is -0.0391. The fourth-order valence-corrected chi connectivity index (χ4v) is 2.66. The fraction of sp³-hybridized carbons (Fsp3) is 0.235. The summed E-state index contributed by atoms with van der Waals surface area (Å²) in [7, 11) is 3.20. The molecule has 1 aromatic heterocycles. The van der Waals surface area contributed by atoms with Crippen molar-refractivity contribution in [2.24, 2.45) is 0 Å². The van der Waals surface area contributed by atoms with Crippen molar-refractivity contribution in [2.45, 2.75) is 13.8 Å². The van der Waals surface area contributed by atoms with Crippen molar-refractivity contribution in [3.8, 4) is 11.5 Å². The lowest BCUT2D eigenvalue weighted by Gasteiger charge is -2.11. The first-order chi connectivity index (χ1) is 10.1. The maximum Gasteiger partial charge on any atom is 0.200 e. The number of methoxy groups -OCH3 is 2. The Bertz CT molecular complexity index is 835. The van der Waals surface area contributed by atoms with E-state index < -0.39 is 0 Å². The summed E-state index contributed by atoms with van der Waals surface area (Å²) in [5, 5.41) is 1.12. The highest BCUT2D eigenvalue weighted by Crippen LogP contribution is 2.31. The van der Waals surface area contributed by atoms with E-state index in [1.54, 1.807) is 38.5 Å². The van der Waals surface area contributed by atoms with Gasteiger partial charge in [-0.3, -0.25) is 4.79 Å². The highest BCUT2D eigenvalue weighted by atomic mass is 16.5. The minimum absolute atomic E-state index is 0.0391. The van der Waals surface area contributed by atoms with Gasteiger partial charge in [-0.1, -0.05) is 0 Å². The summed E-state index contributed by atoms with van der Waals surface area (Å²) < 4.78 is 16.6. The number of aryl methyl sites for hydroxylation is 2. The van der Waals surface area contributed by atoms with Gasteiger partial charge in [0.25, 0.3) is 0 Å². The van der Waals surface area contributed by atoms with Crippen LogP contribution in [0.1, 0.15) is 11.1 Å². The standard InChI is InChI=1S/C17H16O4/c1-9-13(19-3)7-5-11-15(18)12-6-8-14(20-4)10(2)17(12)21-16(9)11/h5-8H,1-4H3. The fourth-order valence-electron chi connectivity index (χ4n) is 2.66. The van der Waals surface area contributed by atoms with Crippen LogP contribution < -0.4 is 14.9 Å². The van der Waals surface area contributed by atoms with Crippen LogP contribution in [0.15, 0.2) is 33.5 Å². The molecule has 0 amide bonds. The molecule has 21 heavy (non-hydrogen) atoms. The number of fused-ring (bicyclic) bond motifs is 2. The molecule has 0 saturated heterocycles. The molecule has 0 spiro atoms. The molecule has 0 aliphatic rings. The van der Waals surface area contributed by atoms with Gasteiger partial charge >= 0.3 is 0 Å². The van der Waals surface area contributed by atoms with E-state index in [9.17, 15) is 4.79 Å². The summed E-state index contributed by atoms with van der Waals surface area (Å²) in [4.78, 5) is 12.7. The number of rotatable bonds is 2. The quantitative estimate of drug-likeness (QED) is 0.675. The van der Waals surface area contributed by atoms with Crippen LogP contribution in [-0.2, 0) is 0 Å². The first-order valence-electron chi connectivity index (χ1n) is 6.66. The molecular weight excluding hydrogens is 268 g/mol. The zero-order chi connectivity index (χ0) is 15.1. The summed E-state index contributed by atoms with van der Waals surface area (Å²) in [6.45, 7) is 3.76. The average Bonchev–Trinajstić information content (AvgIpc) is 2.49. The Labute approximate surface area is 121 Å². The molecule has 4 nitrogen and oxygen atoms in total. The zero-order valence-electron chi connectivity index (χ0n) is 12.4. The molecule has 2 aromatic carbocycles. The van der Waals surface area contributed by atoms with Gasteiger partial charge in [0.2, 0.25) is 5.43 Å². The van der Waals surface area contributed by atoms with Crippen LogP contribution >= 0.6 is 0 Å². The van der Waals surface area contributed by atoms with E-state index in [1.165, 1.54) is 0 Å². The van der Waals surface area contributed by atoms with E-state index in [4.69, 9.17) is 13.9 Å². The minimum Gasteiger partial charge on any atom is -0.496 e. The maximum atomic E-state index is 12.7. The molecule has 0 aliphatic carbocycles. The van der Waals surface area contributed by atoms with Gasteiger partial charge in [-0.25, -0.2) is 0 Å². The Kier molecular flexibility index (Phi) is 3.09. The molecule has 0 aliphatic heterocycles. The first kappa shape index (κ1) is 13.5. The molecule has 0 atom stereocenters. The van der Waals surface area contributed by atoms with Gasteiger partial charge in [-0.15, -0.1) is 0 Å². The van der Waals surface area contributed by atoms with E-state index in [1.807, 2.05) is 13.8 Å². The molecule has 0 unspecified atom stereocenters. The lowest BCUT2D eigenvalue weighted by molar-refractivity contribution is 0.410. The summed E-state index contributed by atoms with van der Waals surface area (Å²) in [6.07, 6.45) is 0. The van der Waals surface area contributed by atoms with Gasteiger partial charge in [-0.05, 0) is 38.1 Å². The van der Waals surface area contributed by atoms with Crippen LogP contribution in [0.3, 0.4) is 0 Å². The van der Waals surface area contributed by atoms with Gasteiger partial charge in [0, 0.05) is 11.1 Å². The largest absolute Gasteiger partial charge is 0.496 e. The predicted octanol–water partition coefficient (Wildman–Crippen LogP) is 3.58. The Morgan fingerprint density at radius 1 is 0.810 bits per heavy atom. The summed E-state index contributed by atoms with van der Waals surface area (Å²) in [5.41, 5.74) is 2.71. The highest BCUT2D eigenvalue weighted by Gasteiger charge is 2.15. The van der Waals surface area contributed by atoms with Crippen molar-refractivity contribution in [3.05, 3.63) is 45.6 Å². The lowest BCUT2D eigenvalue weighted by Crippen LogP contribution is -2.04. The van der Waals surface area contributed by atoms with Crippen LogP contribution in [0.5, 0.6) is 11.5 Å². The van der Waals surface area contributed by atoms with E-state index >= 15 is 0 Å². The molecule has 4 heteroatoms. The first-order valence-corrected chi connectivity index (χ1v) is 6.66. The Morgan fingerprint density at radius 3 is 1.62 bits per heavy atom. The normalized spacial score (nSPS) is 11.0. The van der Waals surface area contributed by atoms with Gasteiger partial charge in [0.05, 0.1) is 25.0 Å². The number of hydrogen-bond acceptors (Lipinski definition) is 4. The van der Waals surface area contributed by atoms with Crippen molar-refractivity contribution in [1.82, 2.24) is 0 Å². The lowest BCUT2D eigenvalue weighted by atomic mass is 10.1. The number of benzene rings is 2. The molecule has 0 fully saturated rings. The zero-order valence-corrected chi connectivity index (χ0v) is 12.4. The van der Waals surface area contributed by atoms with E-state index in [-0.39, 0.29) is 5.43 Å². The topological polar surface area (TPSA) is 48.7 Å². The molecule has 0 N–H and O–H groups in total. The SMILES string of the molecule is COc1ccc2c(=O)c3ccc(OC)c(C)c3oc2c1C. The van der Waals surface area contributed by atoms with Crippen molar-refractivity contribution in [3.63, 3.8) is 0 Å². The summed E-state index contributed by atoms with van der Waals surface area (Å²) >= 11 is 0. The van der Waals surface area contributed by atoms with Crippen LogP contribution in [0.4, 0.5) is 0 Å². The molecule has 0 bridgehead atoms. The second-order valence-electron chi connectivity index (χ2n) is 4.97. The predicted molar refractivity (Wildman–Crippen MR) is 82.6 cm³/mol. The molecule has 3 rings (SSSR count). The molecule has 0 saturated carbocycles. The van der Waals surface area contributed by atoms with E-state index in [0.717, 1.165) is 11.1 Å². The monoisotopic (exact) mass is 284 g/mol. The molecule has 3 aromatic rings. The Morgan fingerprint density at radius 2 is 1.24 bits per heavy atom. The van der Waals surface area contributed by atoms with E-state index in [2.05, 4.69) is 0 Å². The molecule has 1 heterocycles. The van der Waals surface area contributed by atoms with Crippen molar-refractivity contribution < 1.29 is 13.9 Å². The maximum absolute atomic E-state index is 12.7. The highest BCUT2D eigenvalue weighted by molar-refractivity contribution is 5.93. The van der Waals surface area contributed by atoms with Gasteiger partial charge in [0.15, 0.2) is 0 Å². The third-order valence-electron chi connectivity index (χ3n) is 3.85. The van der Waals surface area contributed by atoms with Crippen LogP contribution in [0.2, 0.25) is 0 Å². The molecular formula is C17H16O4. The van der Waals surface area contributed by atoms with Crippen LogP contribution in [0.25, 0.3) is 21.9 Å². The third kappa shape index (κ3) is 1.87. The second-order valence-corrected chi connectivity index (χ2v) is 4.97.